The van der Waals surface area contributed by atoms with Gasteiger partial charge in [0, 0.05) is 6.54 Å². The van der Waals surface area contributed by atoms with Crippen molar-refractivity contribution in [2.45, 2.75) is 58.5 Å². The SMILES string of the molecule is CCC1CCC(C(NN)c2c(Cl)cnn2CC)CC1. The van der Waals surface area contributed by atoms with E-state index in [-0.39, 0.29) is 6.04 Å². The van der Waals surface area contributed by atoms with Crippen LogP contribution in [-0.2, 0) is 6.54 Å². The highest BCUT2D eigenvalue weighted by Gasteiger charge is 2.30. The van der Waals surface area contributed by atoms with Gasteiger partial charge in [-0.15, -0.1) is 0 Å². The zero-order chi connectivity index (χ0) is 13.8. The molecule has 1 unspecified atom stereocenters. The lowest BCUT2D eigenvalue weighted by Gasteiger charge is -2.33. The molecular weight excluding hydrogens is 260 g/mol. The highest BCUT2D eigenvalue weighted by atomic mass is 35.5. The molecule has 0 bridgehead atoms. The second kappa shape index (κ2) is 6.73. The van der Waals surface area contributed by atoms with Crippen molar-refractivity contribution in [3.05, 3.63) is 16.9 Å². The first-order valence-corrected chi connectivity index (χ1v) is 7.76. The number of nitrogens with two attached hydrogens (primary N) is 1. The summed E-state index contributed by atoms with van der Waals surface area (Å²) in [5.74, 6) is 7.26. The fourth-order valence-corrected chi connectivity index (χ4v) is 3.56. The molecule has 3 N–H and O–H groups in total. The smallest absolute Gasteiger partial charge is 0.0834 e. The first-order chi connectivity index (χ1) is 9.21. The summed E-state index contributed by atoms with van der Waals surface area (Å²) in [6.07, 6.45) is 8.06. The molecule has 1 aromatic heterocycles. The lowest BCUT2D eigenvalue weighted by Crippen LogP contribution is -2.37. The van der Waals surface area contributed by atoms with Crippen molar-refractivity contribution in [1.29, 1.82) is 0 Å². The van der Waals surface area contributed by atoms with Crippen LogP contribution in [0.3, 0.4) is 0 Å². The summed E-state index contributed by atoms with van der Waals surface area (Å²) in [5.41, 5.74) is 4.03. The van der Waals surface area contributed by atoms with Crippen LogP contribution in [0.15, 0.2) is 6.20 Å². The molecule has 0 amide bonds. The Morgan fingerprint density at radius 3 is 2.63 bits per heavy atom. The predicted octanol–water partition coefficient (Wildman–Crippen LogP) is 3.28. The van der Waals surface area contributed by atoms with Gasteiger partial charge in [0.1, 0.15) is 0 Å². The average Bonchev–Trinajstić information content (AvgIpc) is 2.82. The molecular formula is C14H25ClN4. The van der Waals surface area contributed by atoms with E-state index in [1.54, 1.807) is 6.20 Å². The summed E-state index contributed by atoms with van der Waals surface area (Å²) in [6.45, 7) is 5.19. The molecule has 2 rings (SSSR count). The maximum absolute atomic E-state index is 6.29. The average molecular weight is 285 g/mol. The Bertz CT molecular complexity index is 396. The van der Waals surface area contributed by atoms with Crippen LogP contribution in [0.25, 0.3) is 0 Å². The monoisotopic (exact) mass is 284 g/mol. The third-order valence-corrected chi connectivity index (χ3v) is 4.84. The molecule has 4 nitrogen and oxygen atoms in total. The third kappa shape index (κ3) is 3.12. The molecule has 1 saturated carbocycles. The Hall–Kier alpha value is -0.580. The molecule has 1 aromatic rings. The number of rotatable bonds is 5. The Morgan fingerprint density at radius 2 is 2.11 bits per heavy atom. The maximum Gasteiger partial charge on any atom is 0.0834 e. The van der Waals surface area contributed by atoms with Gasteiger partial charge in [0.25, 0.3) is 0 Å². The number of hydrogen-bond acceptors (Lipinski definition) is 3. The van der Waals surface area contributed by atoms with E-state index in [0.29, 0.717) is 5.92 Å². The highest BCUT2D eigenvalue weighted by Crippen LogP contribution is 2.39. The maximum atomic E-state index is 6.29. The molecule has 108 valence electrons. The van der Waals surface area contributed by atoms with Crippen molar-refractivity contribution in [3.8, 4) is 0 Å². The van der Waals surface area contributed by atoms with Crippen LogP contribution in [0.1, 0.15) is 57.7 Å². The number of halogens is 1. The van der Waals surface area contributed by atoms with Gasteiger partial charge >= 0.3 is 0 Å². The van der Waals surface area contributed by atoms with E-state index < -0.39 is 0 Å². The zero-order valence-corrected chi connectivity index (χ0v) is 12.7. The number of aromatic nitrogens is 2. The lowest BCUT2D eigenvalue weighted by atomic mass is 9.77. The van der Waals surface area contributed by atoms with E-state index in [1.165, 1.54) is 32.1 Å². The van der Waals surface area contributed by atoms with Crippen LogP contribution >= 0.6 is 11.6 Å². The van der Waals surface area contributed by atoms with Gasteiger partial charge in [0.2, 0.25) is 0 Å². The fourth-order valence-electron chi connectivity index (χ4n) is 3.30. The van der Waals surface area contributed by atoms with Crippen molar-refractivity contribution in [1.82, 2.24) is 15.2 Å². The standard InChI is InChI=1S/C14H25ClN4/c1-3-10-5-7-11(8-6-10)13(18-16)14-12(15)9-17-19(14)4-2/h9-11,13,18H,3-8,16H2,1-2H3. The molecule has 0 saturated heterocycles. The van der Waals surface area contributed by atoms with Crippen molar-refractivity contribution in [3.63, 3.8) is 0 Å². The van der Waals surface area contributed by atoms with E-state index >= 15 is 0 Å². The Morgan fingerprint density at radius 1 is 1.42 bits per heavy atom. The van der Waals surface area contributed by atoms with Gasteiger partial charge in [-0.25, -0.2) is 0 Å². The lowest BCUT2D eigenvalue weighted by molar-refractivity contribution is 0.213. The number of hydrazine groups is 1. The number of aryl methyl sites for hydroxylation is 1. The molecule has 0 aliphatic heterocycles. The van der Waals surface area contributed by atoms with Crippen LogP contribution in [-0.4, -0.2) is 9.78 Å². The van der Waals surface area contributed by atoms with Crippen molar-refractivity contribution in [2.24, 2.45) is 17.7 Å². The third-order valence-electron chi connectivity index (χ3n) is 4.55. The van der Waals surface area contributed by atoms with Gasteiger partial charge in [0.05, 0.1) is 23.0 Å². The normalized spacial score (nSPS) is 25.5. The van der Waals surface area contributed by atoms with E-state index in [1.807, 2.05) is 4.68 Å². The van der Waals surface area contributed by atoms with Gasteiger partial charge < -0.3 is 0 Å². The van der Waals surface area contributed by atoms with E-state index in [0.717, 1.165) is 23.2 Å². The molecule has 1 fully saturated rings. The minimum absolute atomic E-state index is 0.118. The second-order valence-corrected chi connectivity index (χ2v) is 5.93. The second-order valence-electron chi connectivity index (χ2n) is 5.53. The molecule has 0 aromatic carbocycles. The highest BCUT2D eigenvalue weighted by molar-refractivity contribution is 6.31. The van der Waals surface area contributed by atoms with Crippen molar-refractivity contribution >= 4 is 11.6 Å². The molecule has 19 heavy (non-hydrogen) atoms. The zero-order valence-electron chi connectivity index (χ0n) is 11.9. The summed E-state index contributed by atoms with van der Waals surface area (Å²) >= 11 is 6.29. The summed E-state index contributed by atoms with van der Waals surface area (Å²) in [4.78, 5) is 0. The molecule has 1 aliphatic carbocycles. The van der Waals surface area contributed by atoms with Gasteiger partial charge in [-0.3, -0.25) is 16.0 Å². The van der Waals surface area contributed by atoms with Crippen LogP contribution in [0.5, 0.6) is 0 Å². The van der Waals surface area contributed by atoms with Crippen LogP contribution in [0.2, 0.25) is 5.02 Å². The predicted molar refractivity (Wildman–Crippen MR) is 78.7 cm³/mol. The van der Waals surface area contributed by atoms with Crippen LogP contribution in [0.4, 0.5) is 0 Å². The van der Waals surface area contributed by atoms with Crippen LogP contribution in [0, 0.1) is 11.8 Å². The van der Waals surface area contributed by atoms with Gasteiger partial charge in [-0.2, -0.15) is 5.10 Å². The first kappa shape index (κ1) is 14.8. The molecule has 1 heterocycles. The summed E-state index contributed by atoms with van der Waals surface area (Å²) in [7, 11) is 0. The van der Waals surface area contributed by atoms with Crippen molar-refractivity contribution < 1.29 is 0 Å². The molecule has 0 spiro atoms. The topological polar surface area (TPSA) is 55.9 Å². The first-order valence-electron chi connectivity index (χ1n) is 7.38. The Kier molecular flexibility index (Phi) is 5.25. The minimum atomic E-state index is 0.118. The molecule has 5 heteroatoms. The minimum Gasteiger partial charge on any atom is -0.271 e. The summed E-state index contributed by atoms with van der Waals surface area (Å²) in [6, 6.07) is 0.118. The molecule has 1 aliphatic rings. The summed E-state index contributed by atoms with van der Waals surface area (Å²) in [5, 5.41) is 5.04. The summed E-state index contributed by atoms with van der Waals surface area (Å²) < 4.78 is 1.96. The fraction of sp³-hybridized carbons (Fsp3) is 0.786. The largest absolute Gasteiger partial charge is 0.271 e. The van der Waals surface area contributed by atoms with Gasteiger partial charge in [-0.05, 0) is 31.6 Å². The van der Waals surface area contributed by atoms with Crippen LogP contribution < -0.4 is 11.3 Å². The van der Waals surface area contributed by atoms with E-state index in [4.69, 9.17) is 17.4 Å². The molecule has 0 radical (unpaired) electrons. The Labute approximate surface area is 120 Å². The van der Waals surface area contributed by atoms with E-state index in [2.05, 4.69) is 24.4 Å². The number of hydrogen-bond donors (Lipinski definition) is 2. The van der Waals surface area contributed by atoms with Gasteiger partial charge in [-0.1, -0.05) is 37.8 Å². The molecule has 1 atom stereocenters. The van der Waals surface area contributed by atoms with Crippen molar-refractivity contribution in [2.75, 3.05) is 0 Å². The van der Waals surface area contributed by atoms with Gasteiger partial charge in [0.15, 0.2) is 0 Å². The Balaban J connectivity index is 2.14. The number of nitrogens with zero attached hydrogens (tertiary/aromatic N) is 2. The van der Waals surface area contributed by atoms with E-state index in [9.17, 15) is 0 Å². The number of nitrogens with one attached hydrogen (secondary N) is 1. The quantitative estimate of drug-likeness (QED) is 0.644.